The Balaban J connectivity index is 2.84. The van der Waals surface area contributed by atoms with Crippen LogP contribution in [0.3, 0.4) is 0 Å². The molecular weight excluding hydrogens is 286 g/mol. The molecule has 0 atom stereocenters. The van der Waals surface area contributed by atoms with Gasteiger partial charge >= 0.3 is 0 Å². The van der Waals surface area contributed by atoms with Crippen LogP contribution in [0.2, 0.25) is 0 Å². The molecule has 1 heterocycles. The summed E-state index contributed by atoms with van der Waals surface area (Å²) in [5.74, 6) is -0.707. The number of amides is 1. The minimum absolute atomic E-state index is 0.00634. The third kappa shape index (κ3) is 2.08. The fourth-order valence-electron chi connectivity index (χ4n) is 1.65. The van der Waals surface area contributed by atoms with E-state index in [-0.39, 0.29) is 11.4 Å². The molecule has 0 aliphatic rings. The summed E-state index contributed by atoms with van der Waals surface area (Å²) in [7, 11) is 0. The Kier molecular flexibility index (Phi) is 3.23. The number of para-hydroxylation sites is 1. The summed E-state index contributed by atoms with van der Waals surface area (Å²) in [6, 6.07) is 6.88. The predicted octanol–water partition coefficient (Wildman–Crippen LogP) is 0.890. The van der Waals surface area contributed by atoms with Crippen LogP contribution in [0.5, 0.6) is 0 Å². The van der Waals surface area contributed by atoms with Crippen LogP contribution in [0.25, 0.3) is 10.9 Å². The third-order valence-corrected chi connectivity index (χ3v) is 2.74. The molecule has 0 saturated heterocycles. The quantitative estimate of drug-likeness (QED) is 0.854. The first-order valence-corrected chi connectivity index (χ1v) is 6.12. The molecule has 88 valence electrons. The fourth-order valence-corrected chi connectivity index (χ4v) is 2.00. The summed E-state index contributed by atoms with van der Waals surface area (Å²) < 4.78 is 1.29. The predicted molar refractivity (Wildman–Crippen MR) is 68.3 cm³/mol. The number of benzene rings is 1. The Morgan fingerprint density at radius 2 is 2.12 bits per heavy atom. The number of nitrogens with two attached hydrogens (primary N) is 1. The molecular formula is C11H10BrN3O2. The lowest BCUT2D eigenvalue weighted by atomic mass is 10.2. The van der Waals surface area contributed by atoms with Crippen molar-refractivity contribution >= 4 is 32.7 Å². The van der Waals surface area contributed by atoms with E-state index < -0.39 is 5.91 Å². The lowest BCUT2D eigenvalue weighted by Crippen LogP contribution is -2.31. The zero-order chi connectivity index (χ0) is 12.4. The van der Waals surface area contributed by atoms with Gasteiger partial charge in [-0.15, -0.1) is 0 Å². The Labute approximate surface area is 105 Å². The van der Waals surface area contributed by atoms with Crippen molar-refractivity contribution in [3.8, 4) is 0 Å². The maximum atomic E-state index is 12.1. The van der Waals surface area contributed by atoms with Crippen LogP contribution in [-0.4, -0.2) is 20.8 Å². The van der Waals surface area contributed by atoms with Crippen molar-refractivity contribution < 1.29 is 4.79 Å². The molecule has 1 aromatic heterocycles. The van der Waals surface area contributed by atoms with Crippen LogP contribution in [0.4, 0.5) is 0 Å². The second kappa shape index (κ2) is 4.67. The standard InChI is InChI=1S/C11H10BrN3O2/c12-5-6-15-10(9(13)16)14-8-4-2-1-3-7(8)11(15)17/h1-4H,5-6H2,(H2,13,16). The average molecular weight is 296 g/mol. The molecule has 0 aliphatic carbocycles. The number of fused-ring (bicyclic) bond motifs is 1. The summed E-state index contributed by atoms with van der Waals surface area (Å²) in [5.41, 5.74) is 5.47. The molecule has 0 radical (unpaired) electrons. The number of carbonyl (C=O) groups is 1. The molecule has 2 N–H and O–H groups in total. The molecule has 5 nitrogen and oxygen atoms in total. The highest BCUT2D eigenvalue weighted by molar-refractivity contribution is 9.09. The van der Waals surface area contributed by atoms with E-state index in [1.54, 1.807) is 24.3 Å². The van der Waals surface area contributed by atoms with Gasteiger partial charge in [0.25, 0.3) is 11.5 Å². The molecule has 0 bridgehead atoms. The summed E-state index contributed by atoms with van der Waals surface area (Å²) >= 11 is 3.23. The molecule has 1 amide bonds. The van der Waals surface area contributed by atoms with E-state index in [2.05, 4.69) is 20.9 Å². The normalized spacial score (nSPS) is 10.6. The van der Waals surface area contributed by atoms with Crippen LogP contribution >= 0.6 is 15.9 Å². The molecule has 1 aromatic carbocycles. The number of aromatic nitrogens is 2. The molecule has 0 fully saturated rings. The van der Waals surface area contributed by atoms with Crippen molar-refractivity contribution in [3.63, 3.8) is 0 Å². The molecule has 0 spiro atoms. The molecule has 0 saturated carbocycles. The van der Waals surface area contributed by atoms with Gasteiger partial charge in [0.1, 0.15) is 0 Å². The SMILES string of the molecule is NC(=O)c1nc2ccccc2c(=O)n1CCBr. The van der Waals surface area contributed by atoms with Crippen LogP contribution in [0.1, 0.15) is 10.6 Å². The number of carbonyl (C=O) groups excluding carboxylic acids is 1. The van der Waals surface area contributed by atoms with Gasteiger partial charge in [-0.3, -0.25) is 14.2 Å². The van der Waals surface area contributed by atoms with Crippen LogP contribution in [0, 0.1) is 0 Å². The minimum Gasteiger partial charge on any atom is -0.363 e. The number of hydrogen-bond acceptors (Lipinski definition) is 3. The largest absolute Gasteiger partial charge is 0.363 e. The number of alkyl halides is 1. The van der Waals surface area contributed by atoms with Crippen LogP contribution in [-0.2, 0) is 6.54 Å². The fraction of sp³-hybridized carbons (Fsp3) is 0.182. The molecule has 17 heavy (non-hydrogen) atoms. The number of halogens is 1. The number of nitrogens with zero attached hydrogens (tertiary/aromatic N) is 2. The van der Waals surface area contributed by atoms with E-state index in [1.165, 1.54) is 4.57 Å². The molecule has 0 aliphatic heterocycles. The number of hydrogen-bond donors (Lipinski definition) is 1. The van der Waals surface area contributed by atoms with Gasteiger partial charge in [0.15, 0.2) is 0 Å². The zero-order valence-corrected chi connectivity index (χ0v) is 10.5. The highest BCUT2D eigenvalue weighted by Gasteiger charge is 2.13. The molecule has 2 rings (SSSR count). The summed E-state index contributed by atoms with van der Waals surface area (Å²) in [6.07, 6.45) is 0. The lowest BCUT2D eigenvalue weighted by Gasteiger charge is -2.09. The van der Waals surface area contributed by atoms with E-state index in [9.17, 15) is 9.59 Å². The number of rotatable bonds is 3. The first kappa shape index (κ1) is 11.8. The Morgan fingerprint density at radius 3 is 2.76 bits per heavy atom. The van der Waals surface area contributed by atoms with Crippen molar-refractivity contribution in [2.45, 2.75) is 6.54 Å². The van der Waals surface area contributed by atoms with Crippen molar-refractivity contribution in [1.29, 1.82) is 0 Å². The van der Waals surface area contributed by atoms with E-state index in [4.69, 9.17) is 5.73 Å². The monoisotopic (exact) mass is 295 g/mol. The first-order valence-electron chi connectivity index (χ1n) is 5.00. The minimum atomic E-state index is -0.700. The Morgan fingerprint density at radius 1 is 1.41 bits per heavy atom. The lowest BCUT2D eigenvalue weighted by molar-refractivity contribution is 0.0985. The van der Waals surface area contributed by atoms with Crippen LogP contribution < -0.4 is 11.3 Å². The van der Waals surface area contributed by atoms with Crippen molar-refractivity contribution in [1.82, 2.24) is 9.55 Å². The van der Waals surface area contributed by atoms with Gasteiger partial charge in [-0.05, 0) is 12.1 Å². The van der Waals surface area contributed by atoms with Gasteiger partial charge in [-0.2, -0.15) is 0 Å². The topological polar surface area (TPSA) is 78.0 Å². The average Bonchev–Trinajstić information content (AvgIpc) is 2.32. The smallest absolute Gasteiger partial charge is 0.284 e. The summed E-state index contributed by atoms with van der Waals surface area (Å²) in [5, 5.41) is 1.03. The Hall–Kier alpha value is -1.69. The highest BCUT2D eigenvalue weighted by Crippen LogP contribution is 2.07. The van der Waals surface area contributed by atoms with Gasteiger partial charge in [0.05, 0.1) is 10.9 Å². The maximum absolute atomic E-state index is 12.1. The van der Waals surface area contributed by atoms with E-state index in [1.807, 2.05) is 0 Å². The Bertz CT molecular complexity index is 636. The van der Waals surface area contributed by atoms with Gasteiger partial charge in [0, 0.05) is 11.9 Å². The van der Waals surface area contributed by atoms with Gasteiger partial charge in [0.2, 0.25) is 5.82 Å². The number of primary amides is 1. The molecule has 6 heteroatoms. The highest BCUT2D eigenvalue weighted by atomic mass is 79.9. The van der Waals surface area contributed by atoms with Crippen LogP contribution in [0.15, 0.2) is 29.1 Å². The maximum Gasteiger partial charge on any atom is 0.284 e. The van der Waals surface area contributed by atoms with Gasteiger partial charge < -0.3 is 5.73 Å². The van der Waals surface area contributed by atoms with Gasteiger partial charge in [-0.1, -0.05) is 28.1 Å². The van der Waals surface area contributed by atoms with Crippen molar-refractivity contribution in [3.05, 3.63) is 40.4 Å². The third-order valence-electron chi connectivity index (χ3n) is 2.39. The van der Waals surface area contributed by atoms with E-state index in [0.717, 1.165) is 0 Å². The zero-order valence-electron chi connectivity index (χ0n) is 8.89. The summed E-state index contributed by atoms with van der Waals surface area (Å²) in [6.45, 7) is 0.356. The molecule has 2 aromatic rings. The van der Waals surface area contributed by atoms with Crippen molar-refractivity contribution in [2.24, 2.45) is 5.73 Å². The van der Waals surface area contributed by atoms with Crippen molar-refractivity contribution in [2.75, 3.05) is 5.33 Å². The molecule has 0 unspecified atom stereocenters. The first-order chi connectivity index (χ1) is 8.15. The second-order valence-corrected chi connectivity index (χ2v) is 4.26. The summed E-state index contributed by atoms with van der Waals surface area (Å²) in [4.78, 5) is 27.5. The van der Waals surface area contributed by atoms with Gasteiger partial charge in [-0.25, -0.2) is 4.98 Å². The van der Waals surface area contributed by atoms with E-state index >= 15 is 0 Å². The van der Waals surface area contributed by atoms with E-state index in [0.29, 0.717) is 22.8 Å². The second-order valence-electron chi connectivity index (χ2n) is 3.46.